The molecule has 68 valence electrons. The maximum absolute atomic E-state index is 5.87. The van der Waals surface area contributed by atoms with E-state index >= 15 is 0 Å². The molecule has 0 amide bonds. The van der Waals surface area contributed by atoms with Gasteiger partial charge in [-0.25, -0.2) is 0 Å². The minimum atomic E-state index is 0.792. The highest BCUT2D eigenvalue weighted by molar-refractivity contribution is 9.10. The monoisotopic (exact) mass is 239 g/mol. The van der Waals surface area contributed by atoms with Crippen molar-refractivity contribution in [3.05, 3.63) is 22.3 Å². The highest BCUT2D eigenvalue weighted by atomic mass is 79.9. The highest BCUT2D eigenvalue weighted by Gasteiger charge is 2.08. The zero-order valence-corrected chi connectivity index (χ0v) is 9.09. The number of hydrogen-bond acceptors (Lipinski definition) is 2. The summed E-state index contributed by atoms with van der Waals surface area (Å²) in [5.41, 5.74) is 8.83. The lowest BCUT2D eigenvalue weighted by atomic mass is 10.1. The van der Waals surface area contributed by atoms with Crippen LogP contribution in [0.3, 0.4) is 0 Å². The van der Waals surface area contributed by atoms with Crippen LogP contribution in [-0.4, -0.2) is 9.78 Å². The van der Waals surface area contributed by atoms with E-state index in [0.29, 0.717) is 0 Å². The molecule has 0 bridgehead atoms. The number of aromatic nitrogens is 2. The van der Waals surface area contributed by atoms with Gasteiger partial charge >= 0.3 is 0 Å². The van der Waals surface area contributed by atoms with Crippen LogP contribution in [0.15, 0.2) is 16.7 Å². The predicted octanol–water partition coefficient (Wildman–Crippen LogP) is 2.23. The Labute approximate surface area is 84.7 Å². The van der Waals surface area contributed by atoms with Gasteiger partial charge in [-0.15, -0.1) is 0 Å². The second-order valence-corrected chi connectivity index (χ2v) is 3.92. The molecule has 13 heavy (non-hydrogen) atoms. The number of nitrogen functional groups attached to an aromatic ring is 1. The number of halogens is 1. The van der Waals surface area contributed by atoms with Crippen molar-refractivity contribution in [2.75, 3.05) is 5.73 Å². The molecule has 4 heteroatoms. The van der Waals surface area contributed by atoms with Crippen molar-refractivity contribution in [2.45, 2.75) is 6.92 Å². The van der Waals surface area contributed by atoms with Crippen molar-refractivity contribution in [3.63, 3.8) is 0 Å². The normalized spacial score (nSPS) is 11.0. The molecule has 0 saturated carbocycles. The van der Waals surface area contributed by atoms with Crippen LogP contribution in [0.25, 0.3) is 10.9 Å². The number of nitrogens with zero attached hydrogens (tertiary/aromatic N) is 2. The fourth-order valence-corrected chi connectivity index (χ4v) is 2.01. The summed E-state index contributed by atoms with van der Waals surface area (Å²) in [7, 11) is 1.92. The maximum atomic E-state index is 5.87. The van der Waals surface area contributed by atoms with Gasteiger partial charge in [-0.3, -0.25) is 4.68 Å². The molecule has 2 rings (SSSR count). The Morgan fingerprint density at radius 3 is 2.92 bits per heavy atom. The van der Waals surface area contributed by atoms with Crippen LogP contribution >= 0.6 is 15.9 Å². The molecular formula is C9H10BrN3. The Kier molecular flexibility index (Phi) is 1.80. The molecule has 0 saturated heterocycles. The zero-order valence-electron chi connectivity index (χ0n) is 7.50. The van der Waals surface area contributed by atoms with Gasteiger partial charge in [0.2, 0.25) is 0 Å². The molecule has 0 aliphatic heterocycles. The van der Waals surface area contributed by atoms with Crippen LogP contribution in [0.2, 0.25) is 0 Å². The molecule has 0 aliphatic carbocycles. The van der Waals surface area contributed by atoms with Crippen molar-refractivity contribution in [2.24, 2.45) is 7.05 Å². The lowest BCUT2D eigenvalue weighted by Crippen LogP contribution is -1.94. The number of anilines is 1. The van der Waals surface area contributed by atoms with E-state index in [1.807, 2.05) is 30.9 Å². The van der Waals surface area contributed by atoms with E-state index in [9.17, 15) is 0 Å². The Bertz CT molecular complexity index is 473. The number of hydrogen-bond donors (Lipinski definition) is 1. The first-order valence-corrected chi connectivity index (χ1v) is 4.77. The molecule has 3 nitrogen and oxygen atoms in total. The van der Waals surface area contributed by atoms with E-state index in [0.717, 1.165) is 26.6 Å². The van der Waals surface area contributed by atoms with Crippen LogP contribution in [0.4, 0.5) is 5.69 Å². The fourth-order valence-electron chi connectivity index (χ4n) is 1.39. The molecule has 0 unspecified atom stereocenters. The van der Waals surface area contributed by atoms with Crippen LogP contribution < -0.4 is 5.73 Å². The van der Waals surface area contributed by atoms with Crippen LogP contribution in [-0.2, 0) is 7.05 Å². The molecule has 0 spiro atoms. The Morgan fingerprint density at radius 1 is 1.54 bits per heavy atom. The highest BCUT2D eigenvalue weighted by Crippen LogP contribution is 2.31. The second kappa shape index (κ2) is 2.73. The van der Waals surface area contributed by atoms with Crippen molar-refractivity contribution < 1.29 is 0 Å². The number of rotatable bonds is 0. The van der Waals surface area contributed by atoms with Gasteiger partial charge in [0, 0.05) is 18.1 Å². The van der Waals surface area contributed by atoms with Crippen molar-refractivity contribution >= 4 is 32.5 Å². The standard InChI is InChI=1S/C9H10BrN3/c1-5-3-7-6(4-12-13(7)2)8(10)9(5)11/h3-4H,11H2,1-2H3. The molecule has 1 aromatic heterocycles. The molecule has 2 N–H and O–H groups in total. The van der Waals surface area contributed by atoms with Gasteiger partial charge in [0.15, 0.2) is 0 Å². The molecule has 0 aliphatic rings. The van der Waals surface area contributed by atoms with Crippen molar-refractivity contribution in [1.29, 1.82) is 0 Å². The van der Waals surface area contributed by atoms with Gasteiger partial charge in [-0.05, 0) is 34.5 Å². The van der Waals surface area contributed by atoms with E-state index in [1.54, 1.807) is 0 Å². The Balaban J connectivity index is 2.96. The summed E-state index contributed by atoms with van der Waals surface area (Å²) in [6, 6.07) is 2.04. The van der Waals surface area contributed by atoms with E-state index in [2.05, 4.69) is 21.0 Å². The minimum absolute atomic E-state index is 0.792. The number of nitrogens with two attached hydrogens (primary N) is 1. The van der Waals surface area contributed by atoms with Crippen LogP contribution in [0.1, 0.15) is 5.56 Å². The van der Waals surface area contributed by atoms with E-state index in [4.69, 9.17) is 5.73 Å². The van der Waals surface area contributed by atoms with Crippen molar-refractivity contribution in [1.82, 2.24) is 9.78 Å². The first kappa shape index (κ1) is 8.56. The second-order valence-electron chi connectivity index (χ2n) is 3.12. The summed E-state index contributed by atoms with van der Waals surface area (Å²) >= 11 is 3.47. The molecule has 2 aromatic rings. The summed E-state index contributed by atoms with van der Waals surface area (Å²) in [6.07, 6.45) is 1.81. The lowest BCUT2D eigenvalue weighted by molar-refractivity contribution is 0.796. The quantitative estimate of drug-likeness (QED) is 0.717. The summed E-state index contributed by atoms with van der Waals surface area (Å²) in [4.78, 5) is 0. The number of benzene rings is 1. The molecule has 0 atom stereocenters. The molecule has 0 radical (unpaired) electrons. The zero-order chi connectivity index (χ0) is 9.59. The van der Waals surface area contributed by atoms with Crippen LogP contribution in [0, 0.1) is 6.92 Å². The average molecular weight is 240 g/mol. The molecule has 0 fully saturated rings. The molecule has 1 heterocycles. The fraction of sp³-hybridized carbons (Fsp3) is 0.222. The minimum Gasteiger partial charge on any atom is -0.398 e. The first-order chi connectivity index (χ1) is 6.11. The summed E-state index contributed by atoms with van der Waals surface area (Å²) in [6.45, 7) is 1.99. The van der Waals surface area contributed by atoms with Gasteiger partial charge in [0.25, 0.3) is 0 Å². The van der Waals surface area contributed by atoms with E-state index < -0.39 is 0 Å². The third-order valence-corrected chi connectivity index (χ3v) is 3.09. The molecule has 1 aromatic carbocycles. The average Bonchev–Trinajstić information content (AvgIpc) is 2.45. The SMILES string of the molecule is Cc1cc2c(cnn2C)c(Br)c1N. The van der Waals surface area contributed by atoms with E-state index in [1.165, 1.54) is 0 Å². The maximum Gasteiger partial charge on any atom is 0.0694 e. The Hall–Kier alpha value is -1.03. The predicted molar refractivity (Wildman–Crippen MR) is 57.6 cm³/mol. The van der Waals surface area contributed by atoms with Gasteiger partial charge in [0.1, 0.15) is 0 Å². The summed E-state index contributed by atoms with van der Waals surface area (Å²) in [5.74, 6) is 0. The summed E-state index contributed by atoms with van der Waals surface area (Å²) in [5, 5.41) is 5.23. The van der Waals surface area contributed by atoms with Gasteiger partial charge in [-0.2, -0.15) is 5.10 Å². The van der Waals surface area contributed by atoms with Gasteiger partial charge < -0.3 is 5.73 Å². The topological polar surface area (TPSA) is 43.8 Å². The van der Waals surface area contributed by atoms with E-state index in [-0.39, 0.29) is 0 Å². The third-order valence-electron chi connectivity index (χ3n) is 2.24. The first-order valence-electron chi connectivity index (χ1n) is 3.97. The molecular weight excluding hydrogens is 230 g/mol. The number of fused-ring (bicyclic) bond motifs is 1. The largest absolute Gasteiger partial charge is 0.398 e. The smallest absolute Gasteiger partial charge is 0.0694 e. The van der Waals surface area contributed by atoms with Crippen LogP contribution in [0.5, 0.6) is 0 Å². The number of aryl methyl sites for hydroxylation is 2. The van der Waals surface area contributed by atoms with Gasteiger partial charge in [-0.1, -0.05) is 0 Å². The lowest BCUT2D eigenvalue weighted by Gasteiger charge is -2.04. The summed E-state index contributed by atoms with van der Waals surface area (Å²) < 4.78 is 2.78. The third kappa shape index (κ3) is 1.13. The Morgan fingerprint density at radius 2 is 2.23 bits per heavy atom. The van der Waals surface area contributed by atoms with Crippen molar-refractivity contribution in [3.8, 4) is 0 Å². The van der Waals surface area contributed by atoms with Gasteiger partial charge in [0.05, 0.1) is 16.2 Å².